The minimum Gasteiger partial charge on any atom is -0.482 e. The predicted molar refractivity (Wildman–Crippen MR) is 115 cm³/mol. The summed E-state index contributed by atoms with van der Waals surface area (Å²) in [5.74, 6) is 0.558. The maximum Gasteiger partial charge on any atom is 0.227 e. The molecule has 0 atom stereocenters. The number of ether oxygens (including phenoxy) is 1. The third kappa shape index (κ3) is 5.01. The van der Waals surface area contributed by atoms with Crippen LogP contribution in [-0.4, -0.2) is 31.1 Å². The zero-order chi connectivity index (χ0) is 20.9. The molecule has 0 unspecified atom stereocenters. The Labute approximate surface area is 179 Å². The van der Waals surface area contributed by atoms with Crippen molar-refractivity contribution in [3.63, 3.8) is 0 Å². The van der Waals surface area contributed by atoms with Gasteiger partial charge in [-0.05, 0) is 29.8 Å². The van der Waals surface area contributed by atoms with E-state index in [1.165, 1.54) is 18.4 Å². The van der Waals surface area contributed by atoms with E-state index in [1.54, 1.807) is 24.3 Å². The van der Waals surface area contributed by atoms with Crippen molar-refractivity contribution < 1.29 is 13.5 Å². The largest absolute Gasteiger partial charge is 0.482 e. The van der Waals surface area contributed by atoms with Gasteiger partial charge in [-0.3, -0.25) is 9.69 Å². The van der Waals surface area contributed by atoms with Crippen molar-refractivity contribution in [1.29, 1.82) is 0 Å². The van der Waals surface area contributed by atoms with E-state index in [4.69, 9.17) is 20.8 Å². The van der Waals surface area contributed by atoms with Crippen LogP contribution in [0.4, 0.5) is 10.1 Å². The van der Waals surface area contributed by atoms with Crippen molar-refractivity contribution >= 4 is 17.3 Å². The molecule has 2 aromatic carbocycles. The van der Waals surface area contributed by atoms with Gasteiger partial charge in [0, 0.05) is 37.3 Å². The monoisotopic (exact) mass is 428 g/mol. The van der Waals surface area contributed by atoms with E-state index in [9.17, 15) is 9.18 Å². The molecule has 5 nitrogen and oxygen atoms in total. The topological polar surface area (TPSA) is 45.9 Å². The van der Waals surface area contributed by atoms with Crippen LogP contribution in [0.15, 0.2) is 70.1 Å². The zero-order valence-electron chi connectivity index (χ0n) is 16.4. The summed E-state index contributed by atoms with van der Waals surface area (Å²) >= 11 is 5.87. The number of para-hydroxylation sites is 1. The first-order chi connectivity index (χ1) is 14.6. The summed E-state index contributed by atoms with van der Waals surface area (Å²) in [6.45, 7) is 3.73. The molecular weight excluding hydrogens is 407 g/mol. The van der Waals surface area contributed by atoms with Crippen LogP contribution in [0.1, 0.15) is 11.3 Å². The third-order valence-corrected chi connectivity index (χ3v) is 5.36. The number of anilines is 1. The number of halogens is 2. The second-order valence-electron chi connectivity index (χ2n) is 7.20. The van der Waals surface area contributed by atoms with Gasteiger partial charge < -0.3 is 14.1 Å². The molecule has 1 saturated heterocycles. The molecule has 2 heterocycles. The fraction of sp³-hybridized carbons (Fsp3) is 0.261. The second-order valence-corrected chi connectivity index (χ2v) is 7.64. The summed E-state index contributed by atoms with van der Waals surface area (Å²) in [6.07, 6.45) is 1.36. The highest BCUT2D eigenvalue weighted by Crippen LogP contribution is 2.21. The van der Waals surface area contributed by atoms with E-state index in [-0.39, 0.29) is 23.6 Å². The average molecular weight is 429 g/mol. The summed E-state index contributed by atoms with van der Waals surface area (Å²) in [4.78, 5) is 16.6. The smallest absolute Gasteiger partial charge is 0.227 e. The quantitative estimate of drug-likeness (QED) is 0.584. The van der Waals surface area contributed by atoms with Gasteiger partial charge in [0.25, 0.3) is 0 Å². The molecular formula is C23H22ClFN2O3. The highest BCUT2D eigenvalue weighted by atomic mass is 35.5. The fourth-order valence-electron chi connectivity index (χ4n) is 3.44. The van der Waals surface area contributed by atoms with Crippen LogP contribution in [0.5, 0.6) is 5.75 Å². The molecule has 1 aliphatic heterocycles. The van der Waals surface area contributed by atoms with E-state index in [0.717, 1.165) is 18.7 Å². The molecule has 0 saturated carbocycles. The molecule has 7 heteroatoms. The van der Waals surface area contributed by atoms with Gasteiger partial charge in [-0.25, -0.2) is 4.39 Å². The van der Waals surface area contributed by atoms with Gasteiger partial charge in [0.15, 0.2) is 0 Å². The first-order valence-corrected chi connectivity index (χ1v) is 10.2. The number of nitrogens with zero attached hydrogens (tertiary/aromatic N) is 2. The van der Waals surface area contributed by atoms with Crippen LogP contribution >= 0.6 is 11.6 Å². The van der Waals surface area contributed by atoms with E-state index >= 15 is 0 Å². The molecule has 1 fully saturated rings. The number of hydrogen-bond acceptors (Lipinski definition) is 5. The summed E-state index contributed by atoms with van der Waals surface area (Å²) in [6, 6.07) is 15.5. The van der Waals surface area contributed by atoms with Crippen LogP contribution in [0, 0.1) is 5.82 Å². The lowest BCUT2D eigenvalue weighted by Gasteiger charge is -2.35. The van der Waals surface area contributed by atoms with Crippen LogP contribution < -0.4 is 15.1 Å². The Morgan fingerprint density at radius 3 is 2.47 bits per heavy atom. The second kappa shape index (κ2) is 9.32. The maximum absolute atomic E-state index is 14.0. The van der Waals surface area contributed by atoms with Crippen molar-refractivity contribution in [2.75, 3.05) is 31.1 Å². The first kappa shape index (κ1) is 20.4. The normalized spacial score (nSPS) is 14.7. The summed E-state index contributed by atoms with van der Waals surface area (Å²) in [5, 5.41) is 0.650. The summed E-state index contributed by atoms with van der Waals surface area (Å²) in [5.41, 5.74) is 1.33. The van der Waals surface area contributed by atoms with Gasteiger partial charge in [0.2, 0.25) is 11.2 Å². The Hall–Kier alpha value is -2.83. The zero-order valence-corrected chi connectivity index (χ0v) is 17.1. The van der Waals surface area contributed by atoms with Crippen molar-refractivity contribution in [3.8, 4) is 5.75 Å². The lowest BCUT2D eigenvalue weighted by Crippen LogP contribution is -2.46. The number of rotatable bonds is 6. The lowest BCUT2D eigenvalue weighted by molar-refractivity contribution is 0.224. The van der Waals surface area contributed by atoms with E-state index in [2.05, 4.69) is 4.90 Å². The molecule has 0 radical (unpaired) electrons. The molecule has 30 heavy (non-hydrogen) atoms. The van der Waals surface area contributed by atoms with Gasteiger partial charge in [0.1, 0.15) is 24.4 Å². The van der Waals surface area contributed by atoms with Crippen LogP contribution in [-0.2, 0) is 13.2 Å². The van der Waals surface area contributed by atoms with Gasteiger partial charge in [-0.1, -0.05) is 35.9 Å². The standard InChI is InChI=1S/C23H22ClFN2O3/c24-18-7-5-17(6-8-18)15-30-23-16-29-19(13-22(23)28)14-26-9-11-27(12-10-26)21-4-2-1-3-20(21)25/h1-8,13,16H,9-12,14-15H2. The minimum absolute atomic E-state index is 0.179. The molecule has 0 aliphatic carbocycles. The predicted octanol–water partition coefficient (Wildman–Crippen LogP) is 4.33. The van der Waals surface area contributed by atoms with E-state index in [0.29, 0.717) is 36.1 Å². The molecule has 0 bridgehead atoms. The third-order valence-electron chi connectivity index (χ3n) is 5.10. The van der Waals surface area contributed by atoms with Crippen LogP contribution in [0.25, 0.3) is 0 Å². The van der Waals surface area contributed by atoms with Crippen LogP contribution in [0.3, 0.4) is 0 Å². The van der Waals surface area contributed by atoms with Crippen LogP contribution in [0.2, 0.25) is 5.02 Å². The number of hydrogen-bond donors (Lipinski definition) is 0. The Morgan fingerprint density at radius 1 is 1.03 bits per heavy atom. The Morgan fingerprint density at radius 2 is 1.77 bits per heavy atom. The fourth-order valence-corrected chi connectivity index (χ4v) is 3.57. The molecule has 3 aromatic rings. The lowest BCUT2D eigenvalue weighted by atomic mass is 10.2. The molecule has 0 N–H and O–H groups in total. The Kier molecular flexibility index (Phi) is 6.35. The Bertz CT molecular complexity index is 1050. The summed E-state index contributed by atoms with van der Waals surface area (Å²) in [7, 11) is 0. The number of benzene rings is 2. The average Bonchev–Trinajstić information content (AvgIpc) is 2.75. The van der Waals surface area contributed by atoms with Gasteiger partial charge in [0.05, 0.1) is 12.2 Å². The highest BCUT2D eigenvalue weighted by molar-refractivity contribution is 6.30. The SMILES string of the molecule is O=c1cc(CN2CCN(c3ccccc3F)CC2)occ1OCc1ccc(Cl)cc1. The van der Waals surface area contributed by atoms with E-state index < -0.39 is 0 Å². The van der Waals surface area contributed by atoms with Gasteiger partial charge in [-0.2, -0.15) is 0 Å². The molecule has 0 amide bonds. The van der Waals surface area contributed by atoms with E-state index in [1.807, 2.05) is 23.1 Å². The van der Waals surface area contributed by atoms with Crippen molar-refractivity contribution in [1.82, 2.24) is 4.90 Å². The van der Waals surface area contributed by atoms with Crippen molar-refractivity contribution in [2.24, 2.45) is 0 Å². The number of piperazine rings is 1. The molecule has 156 valence electrons. The molecule has 4 rings (SSSR count). The molecule has 1 aliphatic rings. The van der Waals surface area contributed by atoms with Crippen molar-refractivity contribution in [3.05, 3.63) is 93.2 Å². The highest BCUT2D eigenvalue weighted by Gasteiger charge is 2.20. The molecule has 1 aromatic heterocycles. The first-order valence-electron chi connectivity index (χ1n) is 9.79. The van der Waals surface area contributed by atoms with Crippen molar-refractivity contribution in [2.45, 2.75) is 13.2 Å². The maximum atomic E-state index is 14.0. The Balaban J connectivity index is 1.31. The molecule has 0 spiro atoms. The van der Waals surface area contributed by atoms with Gasteiger partial charge >= 0.3 is 0 Å². The minimum atomic E-state index is -0.213. The summed E-state index contributed by atoms with van der Waals surface area (Å²) < 4.78 is 25.2. The van der Waals surface area contributed by atoms with Gasteiger partial charge in [-0.15, -0.1) is 0 Å².